The van der Waals surface area contributed by atoms with Crippen molar-refractivity contribution in [3.63, 3.8) is 0 Å². The van der Waals surface area contributed by atoms with Gasteiger partial charge in [0.2, 0.25) is 5.91 Å². The number of amides is 1. The lowest BCUT2D eigenvalue weighted by Crippen LogP contribution is -2.67. The third kappa shape index (κ3) is 3.49. The maximum atomic E-state index is 13.9. The van der Waals surface area contributed by atoms with Gasteiger partial charge in [0.05, 0.1) is 25.2 Å². The Morgan fingerprint density at radius 1 is 1.27 bits per heavy atom. The van der Waals surface area contributed by atoms with Crippen LogP contribution in [0, 0.1) is 17.3 Å². The Hall–Kier alpha value is -1.73. The zero-order valence-electron chi connectivity index (χ0n) is 20.2. The van der Waals surface area contributed by atoms with Crippen LogP contribution in [0.25, 0.3) is 0 Å². The quantitative estimate of drug-likeness (QED) is 0.679. The molecule has 7 atom stereocenters. The van der Waals surface area contributed by atoms with E-state index in [0.29, 0.717) is 13.0 Å². The van der Waals surface area contributed by atoms with Gasteiger partial charge in [-0.3, -0.25) is 4.79 Å². The molecule has 0 bridgehead atoms. The molecule has 1 aliphatic carbocycles. The van der Waals surface area contributed by atoms with E-state index >= 15 is 0 Å². The molecule has 180 valence electrons. The van der Waals surface area contributed by atoms with E-state index < -0.39 is 29.8 Å². The van der Waals surface area contributed by atoms with E-state index in [9.17, 15) is 9.90 Å². The van der Waals surface area contributed by atoms with Crippen molar-refractivity contribution in [1.82, 2.24) is 4.90 Å². The maximum absolute atomic E-state index is 13.9. The first-order valence-electron chi connectivity index (χ1n) is 12.3. The van der Waals surface area contributed by atoms with Crippen molar-refractivity contribution in [1.29, 1.82) is 0 Å². The first-order valence-corrected chi connectivity index (χ1v) is 12.3. The summed E-state index contributed by atoms with van der Waals surface area (Å²) >= 11 is 0. The van der Waals surface area contributed by atoms with Crippen molar-refractivity contribution in [3.05, 3.63) is 48.0 Å². The van der Waals surface area contributed by atoms with Crippen LogP contribution in [0.3, 0.4) is 0 Å². The van der Waals surface area contributed by atoms with Crippen molar-refractivity contribution in [2.75, 3.05) is 6.61 Å². The van der Waals surface area contributed by atoms with E-state index in [1.54, 1.807) is 0 Å². The Morgan fingerprint density at radius 3 is 2.70 bits per heavy atom. The van der Waals surface area contributed by atoms with E-state index in [-0.39, 0.29) is 29.8 Å². The first kappa shape index (κ1) is 23.0. The fourth-order valence-corrected chi connectivity index (χ4v) is 6.46. The molecular formula is C27H37NO5. The summed E-state index contributed by atoms with van der Waals surface area (Å²) in [4.78, 5) is 15.8. The highest BCUT2D eigenvalue weighted by Crippen LogP contribution is 2.60. The molecule has 3 heterocycles. The molecule has 0 saturated carbocycles. The number of aliphatic hydroxyl groups is 1. The number of carbonyl (C=O) groups is 1. The van der Waals surface area contributed by atoms with Gasteiger partial charge >= 0.3 is 0 Å². The third-order valence-corrected chi connectivity index (χ3v) is 8.20. The number of carbonyl (C=O) groups excluding carboxylic acids is 1. The van der Waals surface area contributed by atoms with Gasteiger partial charge in [-0.1, -0.05) is 63.3 Å². The van der Waals surface area contributed by atoms with Crippen LogP contribution in [0.2, 0.25) is 0 Å². The summed E-state index contributed by atoms with van der Waals surface area (Å²) in [6, 6.07) is 9.98. The highest BCUT2D eigenvalue weighted by molar-refractivity contribution is 5.86. The van der Waals surface area contributed by atoms with E-state index in [1.165, 1.54) is 0 Å². The Morgan fingerprint density at radius 2 is 2.03 bits per heavy atom. The van der Waals surface area contributed by atoms with Gasteiger partial charge in [0.25, 0.3) is 0 Å². The van der Waals surface area contributed by atoms with Crippen LogP contribution >= 0.6 is 0 Å². The standard InChI is InChI=1S/C27H37NO5/c1-25(2,3)24-28-23(30)20-15-21(31-16-18-11-7-5-8-12-18)33-26(20,4)27(28,17-32-24)22(29)19-13-9-6-10-14-19/h5,7-9,11-13,19-22,24,29H,6,10,14-17H2,1-4H3/t19-,20-,21-,22+,24-,26-,27+/m0/s1. The molecule has 3 saturated heterocycles. The van der Waals surface area contributed by atoms with Gasteiger partial charge in [-0.05, 0) is 31.7 Å². The largest absolute Gasteiger partial charge is 0.390 e. The zero-order valence-corrected chi connectivity index (χ0v) is 20.2. The molecule has 1 aromatic rings. The summed E-state index contributed by atoms with van der Waals surface area (Å²) < 4.78 is 19.0. The zero-order chi connectivity index (χ0) is 23.4. The number of ether oxygens (including phenoxy) is 3. The highest BCUT2D eigenvalue weighted by Gasteiger charge is 2.77. The van der Waals surface area contributed by atoms with Crippen LogP contribution in [0.4, 0.5) is 0 Å². The van der Waals surface area contributed by atoms with Crippen molar-refractivity contribution in [3.8, 4) is 0 Å². The molecule has 0 aromatic heterocycles. The van der Waals surface area contributed by atoms with Crippen molar-refractivity contribution in [2.24, 2.45) is 17.3 Å². The monoisotopic (exact) mass is 455 g/mol. The minimum Gasteiger partial charge on any atom is -0.390 e. The molecule has 1 aromatic carbocycles. The van der Waals surface area contributed by atoms with Gasteiger partial charge in [-0.25, -0.2) is 0 Å². The Kier molecular flexibility index (Phi) is 5.72. The van der Waals surface area contributed by atoms with Crippen LogP contribution in [0.15, 0.2) is 42.5 Å². The lowest BCUT2D eigenvalue weighted by molar-refractivity contribution is -0.216. The van der Waals surface area contributed by atoms with Gasteiger partial charge in [-0.2, -0.15) is 0 Å². The molecule has 6 heteroatoms. The first-order chi connectivity index (χ1) is 15.7. The van der Waals surface area contributed by atoms with Crippen molar-refractivity contribution < 1.29 is 24.1 Å². The lowest BCUT2D eigenvalue weighted by atomic mass is 9.69. The minimum atomic E-state index is -0.941. The summed E-state index contributed by atoms with van der Waals surface area (Å²) in [6.45, 7) is 8.93. The fraction of sp³-hybridized carbons (Fsp3) is 0.667. The molecule has 33 heavy (non-hydrogen) atoms. The van der Waals surface area contributed by atoms with Gasteiger partial charge in [-0.15, -0.1) is 0 Å². The Bertz CT molecular complexity index is 911. The average molecular weight is 456 g/mol. The second-order valence-corrected chi connectivity index (χ2v) is 11.4. The number of nitrogens with zero attached hydrogens (tertiary/aromatic N) is 1. The smallest absolute Gasteiger partial charge is 0.231 e. The van der Waals surface area contributed by atoms with Crippen molar-refractivity contribution >= 4 is 5.91 Å². The molecular weight excluding hydrogens is 418 g/mol. The lowest BCUT2D eigenvalue weighted by Gasteiger charge is -2.48. The number of hydrogen-bond acceptors (Lipinski definition) is 5. The van der Waals surface area contributed by atoms with E-state index in [4.69, 9.17) is 14.2 Å². The molecule has 1 N–H and O–H groups in total. The predicted octanol–water partition coefficient (Wildman–Crippen LogP) is 4.03. The van der Waals surface area contributed by atoms with Crippen LogP contribution < -0.4 is 0 Å². The molecule has 6 nitrogen and oxygen atoms in total. The van der Waals surface area contributed by atoms with E-state index in [2.05, 4.69) is 32.9 Å². The van der Waals surface area contributed by atoms with Crippen molar-refractivity contribution in [2.45, 2.75) is 89.7 Å². The Labute approximate surface area is 196 Å². The van der Waals surface area contributed by atoms with E-state index in [0.717, 1.165) is 24.8 Å². The number of allylic oxidation sites excluding steroid dienone is 1. The number of rotatable bonds is 5. The summed E-state index contributed by atoms with van der Waals surface area (Å²) in [5, 5.41) is 11.9. The van der Waals surface area contributed by atoms with Gasteiger partial charge < -0.3 is 24.2 Å². The third-order valence-electron chi connectivity index (χ3n) is 8.20. The van der Waals surface area contributed by atoms with Gasteiger partial charge in [0.15, 0.2) is 6.29 Å². The Balaban J connectivity index is 1.47. The molecule has 5 rings (SSSR count). The van der Waals surface area contributed by atoms with Gasteiger partial charge in [0.1, 0.15) is 17.4 Å². The molecule has 4 aliphatic rings. The fourth-order valence-electron chi connectivity index (χ4n) is 6.46. The van der Waals surface area contributed by atoms with Crippen LogP contribution in [-0.2, 0) is 25.6 Å². The molecule has 0 spiro atoms. The number of hydrogen-bond donors (Lipinski definition) is 1. The number of fused-ring (bicyclic) bond motifs is 3. The van der Waals surface area contributed by atoms with E-state index in [1.807, 2.05) is 42.2 Å². The molecule has 0 unspecified atom stereocenters. The highest BCUT2D eigenvalue weighted by atomic mass is 16.7. The number of aliphatic hydroxyl groups excluding tert-OH is 1. The summed E-state index contributed by atoms with van der Waals surface area (Å²) in [5.41, 5.74) is -1.05. The average Bonchev–Trinajstić information content (AvgIpc) is 3.42. The van der Waals surface area contributed by atoms with Crippen LogP contribution in [0.5, 0.6) is 0 Å². The summed E-state index contributed by atoms with van der Waals surface area (Å²) in [6.07, 6.45) is 6.06. The van der Waals surface area contributed by atoms with Crippen LogP contribution in [0.1, 0.15) is 58.9 Å². The van der Waals surface area contributed by atoms with Gasteiger partial charge in [0, 0.05) is 17.8 Å². The second-order valence-electron chi connectivity index (χ2n) is 11.4. The topological polar surface area (TPSA) is 68.2 Å². The SMILES string of the molecule is CC(C)(C)[C@@H]1OC[C@]2([C@H](O)[C@H]3C=CCCC3)N1C(=O)[C@@H]1C[C@@H](OCc3ccccc3)O[C@@]12C. The number of benzene rings is 1. The molecule has 0 radical (unpaired) electrons. The summed E-state index contributed by atoms with van der Waals surface area (Å²) in [5.74, 6) is -0.381. The predicted molar refractivity (Wildman–Crippen MR) is 124 cm³/mol. The normalized spacial score (nSPS) is 39.1. The minimum absolute atomic E-state index is 0.0135. The molecule has 3 fully saturated rings. The molecule has 1 amide bonds. The summed E-state index contributed by atoms with van der Waals surface area (Å²) in [7, 11) is 0. The second kappa shape index (κ2) is 8.19. The van der Waals surface area contributed by atoms with Crippen LogP contribution in [-0.4, -0.2) is 52.3 Å². The molecule has 3 aliphatic heterocycles. The maximum Gasteiger partial charge on any atom is 0.231 e.